The standard InChI is InChI=1S/C29H21ClF2N2O4S/c1-17-5-8-24(9-6-17)34(39(37)38)27-25-10-7-19(20-12-22(31)15-23(32)13-20)14-26(25)33(28(27)29(35)36)16-18-3-2-4-21(30)11-18/h2-15H,16H2,1H3,(H,35,36)(H,37,38)/p-1. The molecule has 1 atom stereocenters. The number of aryl methyl sites for hydroxylation is 1. The highest BCUT2D eigenvalue weighted by Gasteiger charge is 2.28. The molecule has 5 aromatic rings. The smallest absolute Gasteiger partial charge is 0.354 e. The number of anilines is 2. The SMILES string of the molecule is Cc1ccc(N(c2c(C(=O)O)n(Cc3cccc(Cl)c3)c3cc(-c4cc(F)cc(F)c4)ccc23)S(=O)[O-])cc1. The molecule has 0 saturated carbocycles. The van der Waals surface area contributed by atoms with Crippen molar-refractivity contribution in [3.8, 4) is 11.1 Å². The molecule has 1 heterocycles. The molecule has 10 heteroatoms. The molecule has 0 saturated heterocycles. The quantitative estimate of drug-likeness (QED) is 0.211. The first-order valence-electron chi connectivity index (χ1n) is 11.7. The number of aromatic carboxylic acids is 1. The Morgan fingerprint density at radius 1 is 0.974 bits per heavy atom. The lowest BCUT2D eigenvalue weighted by atomic mass is 10.0. The number of carboxylic acids is 1. The number of benzene rings is 4. The van der Waals surface area contributed by atoms with Crippen molar-refractivity contribution in [2.24, 2.45) is 0 Å². The Balaban J connectivity index is 1.83. The highest BCUT2D eigenvalue weighted by Crippen LogP contribution is 2.41. The lowest BCUT2D eigenvalue weighted by molar-refractivity contribution is 0.0687. The molecule has 1 N–H and O–H groups in total. The van der Waals surface area contributed by atoms with Crippen LogP contribution in [0.5, 0.6) is 0 Å². The fourth-order valence-electron chi connectivity index (χ4n) is 4.61. The van der Waals surface area contributed by atoms with Gasteiger partial charge in [0, 0.05) is 23.0 Å². The van der Waals surface area contributed by atoms with Crippen molar-refractivity contribution in [1.29, 1.82) is 0 Å². The number of hydrogen-bond acceptors (Lipinski definition) is 3. The Hall–Kier alpha value is -4.05. The molecular formula is C29H20ClF2N2O4S-. The minimum atomic E-state index is -2.89. The van der Waals surface area contributed by atoms with Crippen LogP contribution in [0.15, 0.2) is 84.9 Å². The molecule has 1 aromatic heterocycles. The van der Waals surface area contributed by atoms with Crippen LogP contribution in [0.3, 0.4) is 0 Å². The van der Waals surface area contributed by atoms with Crippen molar-refractivity contribution in [2.75, 3.05) is 4.31 Å². The van der Waals surface area contributed by atoms with Gasteiger partial charge in [0.15, 0.2) is 5.69 Å². The van der Waals surface area contributed by atoms with E-state index in [1.165, 1.54) is 16.7 Å². The fourth-order valence-corrected chi connectivity index (χ4v) is 5.45. The highest BCUT2D eigenvalue weighted by atomic mass is 35.5. The van der Waals surface area contributed by atoms with Crippen LogP contribution in [0.1, 0.15) is 21.6 Å². The summed E-state index contributed by atoms with van der Waals surface area (Å²) < 4.78 is 55.6. The Labute approximate surface area is 230 Å². The Bertz CT molecular complexity index is 1730. The van der Waals surface area contributed by atoms with Crippen molar-refractivity contribution in [2.45, 2.75) is 13.5 Å². The summed E-state index contributed by atoms with van der Waals surface area (Å²) in [6.45, 7) is 1.88. The molecular weight excluding hydrogens is 546 g/mol. The topological polar surface area (TPSA) is 85.6 Å². The average Bonchev–Trinajstić information content (AvgIpc) is 3.18. The predicted octanol–water partition coefficient (Wildman–Crippen LogP) is 7.23. The molecule has 0 fully saturated rings. The maximum atomic E-state index is 14.0. The molecule has 6 nitrogen and oxygen atoms in total. The van der Waals surface area contributed by atoms with Gasteiger partial charge in [-0.1, -0.05) is 53.6 Å². The molecule has 5 rings (SSSR count). The van der Waals surface area contributed by atoms with E-state index in [2.05, 4.69) is 0 Å². The number of aromatic nitrogens is 1. The Kier molecular flexibility index (Phi) is 7.22. The minimum absolute atomic E-state index is 0.0346. The number of rotatable bonds is 7. The van der Waals surface area contributed by atoms with Crippen LogP contribution in [-0.2, 0) is 17.8 Å². The van der Waals surface area contributed by atoms with Crippen LogP contribution in [0.4, 0.5) is 20.2 Å². The lowest BCUT2D eigenvalue weighted by Crippen LogP contribution is -2.22. The maximum absolute atomic E-state index is 14.0. The van der Waals surface area contributed by atoms with E-state index in [4.69, 9.17) is 11.6 Å². The third-order valence-electron chi connectivity index (χ3n) is 6.29. The summed E-state index contributed by atoms with van der Waals surface area (Å²) in [4.78, 5) is 12.8. The second-order valence-corrected chi connectivity index (χ2v) is 10.2. The molecule has 198 valence electrons. The van der Waals surface area contributed by atoms with Crippen LogP contribution in [0.25, 0.3) is 22.0 Å². The zero-order valence-corrected chi connectivity index (χ0v) is 22.0. The number of hydrogen-bond donors (Lipinski definition) is 1. The molecule has 0 aliphatic carbocycles. The number of fused-ring (bicyclic) bond motifs is 1. The van der Waals surface area contributed by atoms with E-state index in [9.17, 15) is 27.4 Å². The molecule has 0 radical (unpaired) electrons. The highest BCUT2D eigenvalue weighted by molar-refractivity contribution is 7.81. The van der Waals surface area contributed by atoms with Crippen molar-refractivity contribution in [3.63, 3.8) is 0 Å². The van der Waals surface area contributed by atoms with Crippen molar-refractivity contribution >= 4 is 51.1 Å². The van der Waals surface area contributed by atoms with E-state index in [1.54, 1.807) is 66.7 Å². The zero-order valence-electron chi connectivity index (χ0n) is 20.4. The minimum Gasteiger partial charge on any atom is -0.755 e. The van der Waals surface area contributed by atoms with Crippen LogP contribution in [0.2, 0.25) is 5.02 Å². The van der Waals surface area contributed by atoms with Crippen LogP contribution < -0.4 is 4.31 Å². The summed E-state index contributed by atoms with van der Waals surface area (Å²) >= 11 is 3.28. The first-order chi connectivity index (χ1) is 18.6. The van der Waals surface area contributed by atoms with Gasteiger partial charge in [0.2, 0.25) is 0 Å². The Morgan fingerprint density at radius 3 is 2.28 bits per heavy atom. The average molecular weight is 566 g/mol. The van der Waals surface area contributed by atoms with Gasteiger partial charge in [-0.15, -0.1) is 0 Å². The summed E-state index contributed by atoms with van der Waals surface area (Å²) in [5, 5.41) is 11.1. The van der Waals surface area contributed by atoms with Crippen molar-refractivity contribution in [3.05, 3.63) is 118 Å². The van der Waals surface area contributed by atoms with E-state index in [0.29, 0.717) is 27.1 Å². The van der Waals surface area contributed by atoms with E-state index in [1.807, 2.05) is 6.92 Å². The normalized spacial score (nSPS) is 12.0. The van der Waals surface area contributed by atoms with Gasteiger partial charge >= 0.3 is 5.97 Å². The maximum Gasteiger partial charge on any atom is 0.354 e. The van der Waals surface area contributed by atoms with Gasteiger partial charge in [0.25, 0.3) is 0 Å². The van der Waals surface area contributed by atoms with Crippen LogP contribution in [0, 0.1) is 18.6 Å². The number of carbonyl (C=O) groups is 1. The number of nitrogens with zero attached hydrogens (tertiary/aromatic N) is 2. The third kappa shape index (κ3) is 5.29. The van der Waals surface area contributed by atoms with E-state index in [-0.39, 0.29) is 29.2 Å². The van der Waals surface area contributed by atoms with Gasteiger partial charge in [-0.25, -0.2) is 13.6 Å². The summed E-state index contributed by atoms with van der Waals surface area (Å²) in [7, 11) is 0. The number of halogens is 3. The molecule has 0 aliphatic rings. The Morgan fingerprint density at radius 2 is 1.67 bits per heavy atom. The first kappa shape index (κ1) is 26.6. The monoisotopic (exact) mass is 565 g/mol. The molecule has 4 aromatic carbocycles. The fraction of sp³-hybridized carbons (Fsp3) is 0.0690. The second-order valence-electron chi connectivity index (χ2n) is 8.96. The summed E-state index contributed by atoms with van der Waals surface area (Å²) in [6.07, 6.45) is 0. The molecule has 1 unspecified atom stereocenters. The van der Waals surface area contributed by atoms with Gasteiger partial charge in [-0.05, 0) is 66.1 Å². The van der Waals surface area contributed by atoms with Gasteiger partial charge in [0.1, 0.15) is 11.6 Å². The molecule has 39 heavy (non-hydrogen) atoms. The van der Waals surface area contributed by atoms with E-state index < -0.39 is 28.9 Å². The number of carboxylic acid groups (broad SMARTS) is 1. The first-order valence-corrected chi connectivity index (χ1v) is 13.1. The van der Waals surface area contributed by atoms with Gasteiger partial charge < -0.3 is 14.2 Å². The zero-order chi connectivity index (χ0) is 27.8. The summed E-state index contributed by atoms with van der Waals surface area (Å²) in [5.74, 6) is -2.89. The van der Waals surface area contributed by atoms with Crippen LogP contribution >= 0.6 is 11.6 Å². The van der Waals surface area contributed by atoms with E-state index in [0.717, 1.165) is 15.9 Å². The van der Waals surface area contributed by atoms with Gasteiger partial charge in [0.05, 0.1) is 28.2 Å². The van der Waals surface area contributed by atoms with Crippen molar-refractivity contribution < 1.29 is 27.4 Å². The molecule has 0 bridgehead atoms. The third-order valence-corrected chi connectivity index (χ3v) is 7.21. The lowest BCUT2D eigenvalue weighted by Gasteiger charge is -2.27. The summed E-state index contributed by atoms with van der Waals surface area (Å²) in [5.41, 5.74) is 2.48. The largest absolute Gasteiger partial charge is 0.755 e. The summed E-state index contributed by atoms with van der Waals surface area (Å²) in [6, 6.07) is 21.2. The van der Waals surface area contributed by atoms with E-state index >= 15 is 0 Å². The van der Waals surface area contributed by atoms with Crippen molar-refractivity contribution in [1.82, 2.24) is 4.57 Å². The molecule has 0 spiro atoms. The molecule has 0 amide bonds. The van der Waals surface area contributed by atoms with Gasteiger partial charge in [-0.2, -0.15) is 0 Å². The predicted molar refractivity (Wildman–Crippen MR) is 147 cm³/mol. The second kappa shape index (κ2) is 10.6. The molecule has 0 aliphatic heterocycles. The van der Waals surface area contributed by atoms with Crippen LogP contribution in [-0.4, -0.2) is 24.4 Å². The van der Waals surface area contributed by atoms with Gasteiger partial charge in [-0.3, -0.25) is 8.51 Å².